The summed E-state index contributed by atoms with van der Waals surface area (Å²) in [6.07, 6.45) is -4.73. The maximum Gasteiger partial charge on any atom is 0.434 e. The largest absolute Gasteiger partial charge is 0.434 e. The van der Waals surface area contributed by atoms with E-state index in [9.17, 15) is 27.2 Å². The highest BCUT2D eigenvalue weighted by Gasteiger charge is 2.35. The van der Waals surface area contributed by atoms with Crippen LogP contribution in [0.1, 0.15) is 26.4 Å². The van der Waals surface area contributed by atoms with Crippen LogP contribution in [0.5, 0.6) is 0 Å². The Balaban J connectivity index is 2.00. The molecule has 0 spiro atoms. The molecule has 3 rings (SSSR count). The van der Waals surface area contributed by atoms with Crippen LogP contribution in [0.3, 0.4) is 0 Å². The Kier molecular flexibility index (Phi) is 6.58. The van der Waals surface area contributed by atoms with Gasteiger partial charge in [-0.15, -0.1) is 11.3 Å². The molecule has 0 fully saturated rings. The fourth-order valence-electron chi connectivity index (χ4n) is 2.28. The van der Waals surface area contributed by atoms with Crippen molar-refractivity contribution in [2.24, 2.45) is 0 Å². The van der Waals surface area contributed by atoms with Gasteiger partial charge in [-0.05, 0) is 36.4 Å². The average Bonchev–Trinajstić information content (AvgIpc) is 3.15. The molecule has 0 atom stereocenters. The zero-order chi connectivity index (χ0) is 22.1. The molecule has 0 radical (unpaired) electrons. The molecule has 0 aliphatic rings. The summed E-state index contributed by atoms with van der Waals surface area (Å²) in [5.41, 5.74) is 0.921. The molecule has 30 heavy (non-hydrogen) atoms. The number of anilines is 1. The minimum absolute atomic E-state index is 0.0551. The zero-order valence-corrected chi connectivity index (χ0v) is 18.5. The van der Waals surface area contributed by atoms with Crippen molar-refractivity contribution < 1.29 is 27.2 Å². The van der Waals surface area contributed by atoms with Crippen LogP contribution in [0.25, 0.3) is 0 Å². The summed E-state index contributed by atoms with van der Waals surface area (Å²) in [7, 11) is 0. The molecular formula is C18H9Br2F4N3O2S. The molecule has 0 saturated carbocycles. The number of halogens is 6. The summed E-state index contributed by atoms with van der Waals surface area (Å²) >= 11 is 6.96. The van der Waals surface area contributed by atoms with Crippen LogP contribution >= 0.6 is 43.2 Å². The van der Waals surface area contributed by atoms with Crippen LogP contribution in [-0.4, -0.2) is 16.8 Å². The number of thiazole rings is 1. The molecule has 0 bridgehead atoms. The van der Waals surface area contributed by atoms with Crippen LogP contribution in [0.2, 0.25) is 0 Å². The molecule has 156 valence electrons. The molecule has 3 aromatic rings. The van der Waals surface area contributed by atoms with Gasteiger partial charge in [0.05, 0.1) is 0 Å². The number of alkyl halides is 3. The minimum atomic E-state index is -4.73. The Bertz CT molecular complexity index is 1100. The third kappa shape index (κ3) is 5.24. The lowest BCUT2D eigenvalue weighted by Crippen LogP contribution is -2.46. The monoisotopic (exact) mass is 565 g/mol. The Morgan fingerprint density at radius 3 is 2.27 bits per heavy atom. The van der Waals surface area contributed by atoms with Gasteiger partial charge in [0.15, 0.2) is 5.69 Å². The van der Waals surface area contributed by atoms with Crippen molar-refractivity contribution in [1.82, 2.24) is 10.4 Å². The van der Waals surface area contributed by atoms with E-state index in [2.05, 4.69) is 42.3 Å². The van der Waals surface area contributed by atoms with Crippen molar-refractivity contribution >= 4 is 60.1 Å². The van der Waals surface area contributed by atoms with Gasteiger partial charge in [0.25, 0.3) is 11.8 Å². The number of carbonyl (C=O) groups excluding carboxylic acids is 2. The van der Waals surface area contributed by atoms with Crippen LogP contribution < -0.4 is 10.4 Å². The summed E-state index contributed by atoms with van der Waals surface area (Å²) < 4.78 is 53.4. The second kappa shape index (κ2) is 8.82. The second-order valence-electron chi connectivity index (χ2n) is 5.76. The number of amides is 2. The van der Waals surface area contributed by atoms with Gasteiger partial charge in [0, 0.05) is 25.5 Å². The number of hydrogen-bond donors (Lipinski definition) is 1. The summed E-state index contributed by atoms with van der Waals surface area (Å²) in [5, 5.41) is 0.912. The van der Waals surface area contributed by atoms with E-state index in [0.29, 0.717) is 25.3 Å². The Morgan fingerprint density at radius 1 is 1.03 bits per heavy atom. The van der Waals surface area contributed by atoms with E-state index in [4.69, 9.17) is 0 Å². The van der Waals surface area contributed by atoms with Crippen LogP contribution in [0.15, 0.2) is 56.8 Å². The number of benzene rings is 2. The third-order valence-corrected chi connectivity index (χ3v) is 5.33. The number of hydrazine groups is 1. The first kappa shape index (κ1) is 22.4. The minimum Gasteiger partial charge on any atom is -0.267 e. The molecule has 0 saturated heterocycles. The number of nitrogens with zero attached hydrogens (tertiary/aromatic N) is 2. The van der Waals surface area contributed by atoms with Crippen molar-refractivity contribution in [1.29, 1.82) is 0 Å². The van der Waals surface area contributed by atoms with Crippen LogP contribution in [0, 0.1) is 5.82 Å². The highest BCUT2D eigenvalue weighted by atomic mass is 79.9. The maximum atomic E-state index is 13.4. The molecule has 0 aliphatic heterocycles. The van der Waals surface area contributed by atoms with Gasteiger partial charge in [-0.1, -0.05) is 37.9 Å². The predicted octanol–water partition coefficient (Wildman–Crippen LogP) is 5.82. The lowest BCUT2D eigenvalue weighted by molar-refractivity contribution is -0.140. The average molecular weight is 567 g/mol. The Morgan fingerprint density at radius 2 is 1.70 bits per heavy atom. The van der Waals surface area contributed by atoms with Crippen LogP contribution in [0.4, 0.5) is 22.7 Å². The first-order valence-electron chi connectivity index (χ1n) is 7.94. The van der Waals surface area contributed by atoms with Gasteiger partial charge < -0.3 is 0 Å². The molecule has 2 amide bonds. The van der Waals surface area contributed by atoms with E-state index in [0.717, 1.165) is 17.5 Å². The van der Waals surface area contributed by atoms with E-state index >= 15 is 0 Å². The van der Waals surface area contributed by atoms with Crippen molar-refractivity contribution in [3.8, 4) is 0 Å². The Hall–Kier alpha value is -2.31. The van der Waals surface area contributed by atoms with Crippen LogP contribution in [-0.2, 0) is 6.18 Å². The van der Waals surface area contributed by atoms with Crippen molar-refractivity contribution in [2.45, 2.75) is 6.18 Å². The SMILES string of the molecule is O=C(NN(C(=O)c1cc(Br)cc(Br)c1)c1nc(C(F)(F)F)cs1)c1cccc(F)c1. The van der Waals surface area contributed by atoms with Gasteiger partial charge in [-0.2, -0.15) is 18.2 Å². The molecule has 1 N–H and O–H groups in total. The normalized spacial score (nSPS) is 11.3. The summed E-state index contributed by atoms with van der Waals surface area (Å²) in [6, 6.07) is 9.12. The van der Waals surface area contributed by atoms with Crippen molar-refractivity contribution in [3.63, 3.8) is 0 Å². The van der Waals surface area contributed by atoms with Gasteiger partial charge in [0.1, 0.15) is 5.82 Å². The number of hydrogen-bond acceptors (Lipinski definition) is 4. The lowest BCUT2D eigenvalue weighted by atomic mass is 10.2. The predicted molar refractivity (Wildman–Crippen MR) is 110 cm³/mol. The second-order valence-corrected chi connectivity index (χ2v) is 8.43. The zero-order valence-electron chi connectivity index (χ0n) is 14.5. The number of nitrogens with one attached hydrogen (secondary N) is 1. The molecule has 1 heterocycles. The summed E-state index contributed by atoms with van der Waals surface area (Å²) in [6.45, 7) is 0. The van der Waals surface area contributed by atoms with E-state index in [1.165, 1.54) is 24.3 Å². The van der Waals surface area contributed by atoms with Gasteiger partial charge >= 0.3 is 6.18 Å². The topological polar surface area (TPSA) is 62.3 Å². The molecule has 5 nitrogen and oxygen atoms in total. The van der Waals surface area contributed by atoms with Gasteiger partial charge in [0.2, 0.25) is 5.13 Å². The molecule has 1 aromatic heterocycles. The number of aromatic nitrogens is 1. The van der Waals surface area contributed by atoms with E-state index in [1.54, 1.807) is 6.07 Å². The fraction of sp³-hybridized carbons (Fsp3) is 0.0556. The van der Waals surface area contributed by atoms with Crippen molar-refractivity contribution in [3.05, 3.63) is 79.4 Å². The highest BCUT2D eigenvalue weighted by molar-refractivity contribution is 9.11. The standard InChI is InChI=1S/C18H9Br2F4N3O2S/c19-11-4-10(5-12(20)7-11)16(29)27(17-25-14(8-30-17)18(22,23)24)26-15(28)9-2-1-3-13(21)6-9/h1-8H,(H,26,28). The molecule has 2 aromatic carbocycles. The van der Waals surface area contributed by atoms with Gasteiger partial charge in [-0.3, -0.25) is 15.0 Å². The molecular weight excluding hydrogens is 558 g/mol. The number of rotatable bonds is 3. The smallest absolute Gasteiger partial charge is 0.267 e. The molecule has 12 heteroatoms. The van der Waals surface area contributed by atoms with E-state index in [-0.39, 0.29) is 11.1 Å². The maximum absolute atomic E-state index is 13.4. The van der Waals surface area contributed by atoms with E-state index in [1.807, 2.05) is 0 Å². The van der Waals surface area contributed by atoms with Crippen molar-refractivity contribution in [2.75, 3.05) is 5.01 Å². The third-order valence-electron chi connectivity index (χ3n) is 3.59. The van der Waals surface area contributed by atoms with E-state index < -0.39 is 34.6 Å². The first-order chi connectivity index (χ1) is 14.0. The lowest BCUT2D eigenvalue weighted by Gasteiger charge is -2.21. The first-order valence-corrected chi connectivity index (χ1v) is 10.4. The number of carbonyl (C=O) groups is 2. The summed E-state index contributed by atoms with van der Waals surface area (Å²) in [4.78, 5) is 29.0. The van der Waals surface area contributed by atoms with Gasteiger partial charge in [-0.25, -0.2) is 9.37 Å². The molecule has 0 aliphatic carbocycles. The quantitative estimate of drug-likeness (QED) is 0.321. The fourth-order valence-corrected chi connectivity index (χ4v) is 4.37. The molecule has 0 unspecified atom stereocenters. The highest BCUT2D eigenvalue weighted by Crippen LogP contribution is 2.33. The Labute approximate surface area is 188 Å². The summed E-state index contributed by atoms with van der Waals surface area (Å²) in [5.74, 6) is -2.43.